The highest BCUT2D eigenvalue weighted by Crippen LogP contribution is 2.36. The van der Waals surface area contributed by atoms with E-state index in [0.717, 1.165) is 37.9 Å². The molecule has 0 spiro atoms. The van der Waals surface area contributed by atoms with Gasteiger partial charge in [-0.3, -0.25) is 4.79 Å². The lowest BCUT2D eigenvalue weighted by molar-refractivity contribution is -0.151. The van der Waals surface area contributed by atoms with Crippen molar-refractivity contribution < 1.29 is 34.0 Å². The van der Waals surface area contributed by atoms with Crippen LogP contribution in [0.3, 0.4) is 0 Å². The first-order valence-electron chi connectivity index (χ1n) is 16.5. The number of ether oxygens (including phenoxy) is 3. The molecule has 0 aromatic rings. The number of carbonyl (C=O) groups is 2. The number of aliphatic hydroxyl groups is 2. The smallest absolute Gasteiger partial charge is 0.410 e. The molecule has 9 nitrogen and oxygen atoms in total. The molecule has 0 aromatic carbocycles. The van der Waals surface area contributed by atoms with E-state index in [1.54, 1.807) is 4.90 Å². The van der Waals surface area contributed by atoms with Crippen molar-refractivity contribution in [2.45, 2.75) is 110 Å². The van der Waals surface area contributed by atoms with Crippen LogP contribution in [0.15, 0.2) is 48.1 Å². The first-order chi connectivity index (χ1) is 20.9. The van der Waals surface area contributed by atoms with Gasteiger partial charge in [0.05, 0.1) is 30.8 Å². The van der Waals surface area contributed by atoms with E-state index in [1.165, 1.54) is 0 Å². The predicted molar refractivity (Wildman–Crippen MR) is 172 cm³/mol. The highest BCUT2D eigenvalue weighted by Gasteiger charge is 2.44. The first kappa shape index (κ1) is 36.0. The average Bonchev–Trinajstić information content (AvgIpc) is 3.78. The lowest BCUT2D eigenvalue weighted by atomic mass is 9.93. The van der Waals surface area contributed by atoms with Crippen molar-refractivity contribution in [2.24, 2.45) is 17.8 Å². The lowest BCUT2D eigenvalue weighted by Gasteiger charge is -2.27. The van der Waals surface area contributed by atoms with Gasteiger partial charge in [-0.25, -0.2) is 4.79 Å². The quantitative estimate of drug-likeness (QED) is 0.161. The van der Waals surface area contributed by atoms with E-state index in [2.05, 4.69) is 31.5 Å². The van der Waals surface area contributed by atoms with Crippen LogP contribution in [0.5, 0.6) is 0 Å². The number of likely N-dealkylation sites (N-methyl/N-ethyl adjacent to an activating group) is 1. The minimum Gasteiger partial charge on any atom is -0.457 e. The summed E-state index contributed by atoms with van der Waals surface area (Å²) in [6.45, 7) is 17.2. The van der Waals surface area contributed by atoms with Gasteiger partial charge in [-0.2, -0.15) is 0 Å². The zero-order valence-electron chi connectivity index (χ0n) is 27.7. The fourth-order valence-electron chi connectivity index (χ4n) is 5.98. The van der Waals surface area contributed by atoms with Crippen LogP contribution in [-0.2, 0) is 19.0 Å². The Morgan fingerprint density at radius 2 is 1.98 bits per heavy atom. The molecule has 3 aliphatic heterocycles. The van der Waals surface area contributed by atoms with Gasteiger partial charge in [-0.15, -0.1) is 0 Å². The molecule has 0 bridgehead atoms. The number of hydrogen-bond donors (Lipinski definition) is 2. The highest BCUT2D eigenvalue weighted by atomic mass is 16.6. The maximum Gasteiger partial charge on any atom is 0.410 e. The summed E-state index contributed by atoms with van der Waals surface area (Å²) < 4.78 is 17.7. The Morgan fingerprint density at radius 3 is 2.70 bits per heavy atom. The Hall–Kier alpha value is -2.46. The van der Waals surface area contributed by atoms with Gasteiger partial charge in [0.25, 0.3) is 0 Å². The van der Waals surface area contributed by atoms with Crippen LogP contribution in [0.1, 0.15) is 73.1 Å². The van der Waals surface area contributed by atoms with Gasteiger partial charge in [-0.05, 0) is 75.8 Å². The molecule has 2 N–H and O–H groups in total. The molecule has 1 amide bonds. The third kappa shape index (κ3) is 11.2. The van der Waals surface area contributed by atoms with Crippen molar-refractivity contribution >= 4 is 12.1 Å². The fourth-order valence-corrected chi connectivity index (χ4v) is 5.98. The molecular weight excluding hydrogens is 560 g/mol. The zero-order valence-corrected chi connectivity index (χ0v) is 27.7. The first-order valence-corrected chi connectivity index (χ1v) is 16.5. The minimum atomic E-state index is -0.879. The van der Waals surface area contributed by atoms with Gasteiger partial charge in [-0.1, -0.05) is 58.6 Å². The molecule has 0 saturated carbocycles. The van der Waals surface area contributed by atoms with E-state index < -0.39 is 24.3 Å². The summed E-state index contributed by atoms with van der Waals surface area (Å²) >= 11 is 0. The number of epoxide rings is 1. The Labute approximate surface area is 264 Å². The molecule has 9 unspecified atom stereocenters. The van der Waals surface area contributed by atoms with Gasteiger partial charge in [0.1, 0.15) is 12.2 Å². The third-order valence-electron chi connectivity index (χ3n) is 9.15. The van der Waals surface area contributed by atoms with Gasteiger partial charge >= 0.3 is 12.1 Å². The molecule has 3 rings (SSSR count). The van der Waals surface area contributed by atoms with Crippen molar-refractivity contribution in [1.29, 1.82) is 0 Å². The summed E-state index contributed by atoms with van der Waals surface area (Å²) in [7, 11) is 2.05. The van der Waals surface area contributed by atoms with E-state index in [1.807, 2.05) is 52.0 Å². The number of nitrogens with zero attached hydrogens (tertiary/aromatic N) is 2. The molecule has 3 heterocycles. The Kier molecular flexibility index (Phi) is 14.2. The molecule has 0 aliphatic carbocycles. The number of hydrogen-bond acceptors (Lipinski definition) is 8. The van der Waals surface area contributed by atoms with Gasteiger partial charge in [0, 0.05) is 31.5 Å². The maximum atomic E-state index is 13.1. The normalized spacial score (nSPS) is 32.5. The molecular formula is C35H56N2O7. The van der Waals surface area contributed by atoms with Crippen LogP contribution in [0.2, 0.25) is 0 Å². The molecule has 3 aliphatic rings. The van der Waals surface area contributed by atoms with Crippen LogP contribution >= 0.6 is 0 Å². The minimum absolute atomic E-state index is 0.111. The Morgan fingerprint density at radius 1 is 1.23 bits per heavy atom. The number of allylic oxidation sites excluding steroid dienone is 3. The van der Waals surface area contributed by atoms with E-state index in [4.69, 9.17) is 14.2 Å². The van der Waals surface area contributed by atoms with Gasteiger partial charge < -0.3 is 34.2 Å². The number of aliphatic hydroxyl groups excluding tert-OH is 2. The standard InChI is InChI=1S/C35H56N2O7/c1-8-29(39)27(6)34-31(42-34)21-23(2)11-9-12-25(4)33-26(5)14-16-30(24(3)13-15-28(38)22-32(40)44-33)43-35(41)37-18-10-17-36(7)19-20-37/h9,11-12,14,16,23,26-31,33-34,38-39H,3,8,10,13,15,17-22H2,1-2,4-7H3/b11-9+,16-14+,25-12+. The summed E-state index contributed by atoms with van der Waals surface area (Å²) in [5.74, 6) is -0.264. The van der Waals surface area contributed by atoms with Crippen LogP contribution < -0.4 is 0 Å². The van der Waals surface area contributed by atoms with Crippen molar-refractivity contribution in [3.8, 4) is 0 Å². The molecule has 0 aromatic heterocycles. The SMILES string of the molecule is C=C1CCC(O)CC(=O)OC(/C(C)=C/C=C/C(C)CC2OC2C(C)C(O)CC)C(C)/C=C/C1OC(=O)N1CCCN(C)CC1. The highest BCUT2D eigenvalue weighted by molar-refractivity contribution is 5.70. The summed E-state index contributed by atoms with van der Waals surface area (Å²) in [5.41, 5.74) is 1.55. The molecule has 44 heavy (non-hydrogen) atoms. The van der Waals surface area contributed by atoms with Crippen LogP contribution in [0, 0.1) is 17.8 Å². The van der Waals surface area contributed by atoms with Crippen molar-refractivity contribution in [3.05, 3.63) is 48.1 Å². The number of rotatable bonds is 9. The van der Waals surface area contributed by atoms with Gasteiger partial charge in [0.2, 0.25) is 0 Å². The Balaban J connectivity index is 1.68. The maximum absolute atomic E-state index is 13.1. The number of amides is 1. The molecule has 9 heteroatoms. The molecule has 9 atom stereocenters. The fraction of sp³-hybridized carbons (Fsp3) is 0.714. The third-order valence-corrected chi connectivity index (χ3v) is 9.15. The predicted octanol–water partition coefficient (Wildman–Crippen LogP) is 5.04. The molecule has 248 valence electrons. The molecule has 2 saturated heterocycles. The topological polar surface area (TPSA) is 112 Å². The number of cyclic esters (lactones) is 1. The van der Waals surface area contributed by atoms with Gasteiger partial charge in [0.15, 0.2) is 0 Å². The van der Waals surface area contributed by atoms with E-state index in [0.29, 0.717) is 31.5 Å². The van der Waals surface area contributed by atoms with Crippen molar-refractivity contribution in [1.82, 2.24) is 9.80 Å². The molecule has 2 fully saturated rings. The number of esters is 1. The summed E-state index contributed by atoms with van der Waals surface area (Å²) in [6, 6.07) is 0. The lowest BCUT2D eigenvalue weighted by Crippen LogP contribution is -2.37. The average molecular weight is 617 g/mol. The summed E-state index contributed by atoms with van der Waals surface area (Å²) in [6.07, 6.45) is 10.4. The van der Waals surface area contributed by atoms with Crippen molar-refractivity contribution in [3.63, 3.8) is 0 Å². The van der Waals surface area contributed by atoms with Crippen LogP contribution in [0.25, 0.3) is 0 Å². The number of carbonyl (C=O) groups excluding carboxylic acids is 2. The second-order valence-corrected chi connectivity index (χ2v) is 13.1. The monoisotopic (exact) mass is 616 g/mol. The van der Waals surface area contributed by atoms with E-state index in [9.17, 15) is 19.8 Å². The zero-order chi connectivity index (χ0) is 32.4. The van der Waals surface area contributed by atoms with Crippen molar-refractivity contribution in [2.75, 3.05) is 33.2 Å². The second-order valence-electron chi connectivity index (χ2n) is 13.1. The summed E-state index contributed by atoms with van der Waals surface area (Å²) in [5, 5.41) is 20.7. The van der Waals surface area contributed by atoms with E-state index >= 15 is 0 Å². The summed E-state index contributed by atoms with van der Waals surface area (Å²) in [4.78, 5) is 29.8. The Bertz CT molecular complexity index is 1060. The largest absolute Gasteiger partial charge is 0.457 e. The molecule has 0 radical (unpaired) electrons. The van der Waals surface area contributed by atoms with E-state index in [-0.39, 0.29) is 48.6 Å². The van der Waals surface area contributed by atoms with Crippen LogP contribution in [-0.4, -0.2) is 102 Å². The van der Waals surface area contributed by atoms with Crippen LogP contribution in [0.4, 0.5) is 4.79 Å². The second kappa shape index (κ2) is 17.3.